The molecular formula is C19H25FIN3O. The SMILES string of the molecule is CN=C(NCc1ccc(C)c(F)c1)NCc1ccccc1COC.I. The molecule has 0 aromatic heterocycles. The number of halogens is 2. The van der Waals surface area contributed by atoms with E-state index in [1.54, 1.807) is 33.2 Å². The standard InChI is InChI=1S/C19H24FN3O.HI/c1-14-8-9-15(10-18(14)20)11-22-19(21-2)23-12-16-6-4-5-7-17(16)13-24-3;/h4-10H,11-13H2,1-3H3,(H2,21,22,23);1H. The first-order chi connectivity index (χ1) is 11.6. The molecule has 0 atom stereocenters. The van der Waals surface area contributed by atoms with Crippen molar-refractivity contribution in [3.63, 3.8) is 0 Å². The number of rotatable bonds is 6. The zero-order valence-corrected chi connectivity index (χ0v) is 17.1. The summed E-state index contributed by atoms with van der Waals surface area (Å²) in [6, 6.07) is 13.3. The lowest BCUT2D eigenvalue weighted by atomic mass is 10.1. The molecule has 4 nitrogen and oxygen atoms in total. The van der Waals surface area contributed by atoms with Gasteiger partial charge in [-0.15, -0.1) is 24.0 Å². The highest BCUT2D eigenvalue weighted by atomic mass is 127. The van der Waals surface area contributed by atoms with Crippen molar-refractivity contribution < 1.29 is 9.13 Å². The lowest BCUT2D eigenvalue weighted by Gasteiger charge is -2.14. The van der Waals surface area contributed by atoms with Gasteiger partial charge in [0.1, 0.15) is 5.82 Å². The molecule has 0 fully saturated rings. The summed E-state index contributed by atoms with van der Waals surface area (Å²) in [5.41, 5.74) is 3.82. The summed E-state index contributed by atoms with van der Waals surface area (Å²) in [6.07, 6.45) is 0. The van der Waals surface area contributed by atoms with E-state index in [1.807, 2.05) is 24.3 Å². The minimum Gasteiger partial charge on any atom is -0.380 e. The van der Waals surface area contributed by atoms with Crippen molar-refractivity contribution in [2.45, 2.75) is 26.6 Å². The van der Waals surface area contributed by atoms with Crippen molar-refractivity contribution in [1.82, 2.24) is 10.6 Å². The van der Waals surface area contributed by atoms with Crippen LogP contribution in [-0.2, 0) is 24.4 Å². The van der Waals surface area contributed by atoms with Crippen LogP contribution >= 0.6 is 24.0 Å². The second kappa shape index (κ2) is 11.0. The number of methoxy groups -OCH3 is 1. The van der Waals surface area contributed by atoms with E-state index < -0.39 is 0 Å². The van der Waals surface area contributed by atoms with Crippen LogP contribution in [0.1, 0.15) is 22.3 Å². The normalized spacial score (nSPS) is 11.0. The number of hydrogen-bond donors (Lipinski definition) is 2. The number of nitrogens with one attached hydrogen (secondary N) is 2. The Balaban J connectivity index is 0.00000312. The van der Waals surface area contributed by atoms with Gasteiger partial charge < -0.3 is 15.4 Å². The first-order valence-corrected chi connectivity index (χ1v) is 7.89. The largest absolute Gasteiger partial charge is 0.380 e. The number of benzene rings is 2. The number of guanidine groups is 1. The summed E-state index contributed by atoms with van der Waals surface area (Å²) in [7, 11) is 3.40. The zero-order valence-electron chi connectivity index (χ0n) is 14.8. The van der Waals surface area contributed by atoms with Gasteiger partial charge in [0.15, 0.2) is 5.96 Å². The van der Waals surface area contributed by atoms with Gasteiger partial charge in [0.2, 0.25) is 0 Å². The third-order valence-corrected chi connectivity index (χ3v) is 3.78. The van der Waals surface area contributed by atoms with E-state index in [0.29, 0.717) is 31.2 Å². The Morgan fingerprint density at radius 2 is 1.76 bits per heavy atom. The third kappa shape index (κ3) is 6.62. The highest BCUT2D eigenvalue weighted by molar-refractivity contribution is 14.0. The molecule has 2 aromatic rings. The Morgan fingerprint density at radius 1 is 1.08 bits per heavy atom. The average Bonchev–Trinajstić information content (AvgIpc) is 2.59. The second-order valence-electron chi connectivity index (χ2n) is 5.56. The molecule has 0 saturated heterocycles. The van der Waals surface area contributed by atoms with E-state index in [-0.39, 0.29) is 29.8 Å². The summed E-state index contributed by atoms with van der Waals surface area (Å²) < 4.78 is 18.8. The Morgan fingerprint density at radius 3 is 2.40 bits per heavy atom. The third-order valence-electron chi connectivity index (χ3n) is 3.78. The van der Waals surface area contributed by atoms with Crippen LogP contribution < -0.4 is 10.6 Å². The lowest BCUT2D eigenvalue weighted by Crippen LogP contribution is -2.36. The van der Waals surface area contributed by atoms with Gasteiger partial charge in [-0.3, -0.25) is 4.99 Å². The lowest BCUT2D eigenvalue weighted by molar-refractivity contribution is 0.184. The topological polar surface area (TPSA) is 45.7 Å². The number of aryl methyl sites for hydroxylation is 1. The smallest absolute Gasteiger partial charge is 0.191 e. The molecule has 0 heterocycles. The van der Waals surface area contributed by atoms with Crippen molar-refractivity contribution in [2.24, 2.45) is 4.99 Å². The van der Waals surface area contributed by atoms with Crippen LogP contribution in [0.5, 0.6) is 0 Å². The van der Waals surface area contributed by atoms with Crippen molar-refractivity contribution >= 4 is 29.9 Å². The van der Waals surface area contributed by atoms with Crippen LogP contribution in [0, 0.1) is 12.7 Å². The molecule has 0 saturated carbocycles. The monoisotopic (exact) mass is 457 g/mol. The maximum Gasteiger partial charge on any atom is 0.191 e. The first-order valence-electron chi connectivity index (χ1n) is 7.89. The molecule has 0 radical (unpaired) electrons. The minimum absolute atomic E-state index is 0. The van der Waals surface area contributed by atoms with Gasteiger partial charge in [-0.1, -0.05) is 36.4 Å². The van der Waals surface area contributed by atoms with Gasteiger partial charge in [-0.2, -0.15) is 0 Å². The molecule has 25 heavy (non-hydrogen) atoms. The van der Waals surface area contributed by atoms with E-state index in [0.717, 1.165) is 16.7 Å². The molecule has 0 aliphatic heterocycles. The molecule has 136 valence electrons. The Kier molecular flexibility index (Phi) is 9.44. The second-order valence-corrected chi connectivity index (χ2v) is 5.56. The summed E-state index contributed by atoms with van der Waals surface area (Å²) in [5, 5.41) is 6.47. The molecule has 0 aliphatic carbocycles. The van der Waals surface area contributed by atoms with Gasteiger partial charge in [-0.25, -0.2) is 4.39 Å². The fraction of sp³-hybridized carbons (Fsp3) is 0.316. The minimum atomic E-state index is -0.189. The van der Waals surface area contributed by atoms with Crippen LogP contribution in [0.15, 0.2) is 47.5 Å². The van der Waals surface area contributed by atoms with Crippen molar-refractivity contribution in [3.05, 3.63) is 70.5 Å². The van der Waals surface area contributed by atoms with Crippen LogP contribution in [0.4, 0.5) is 4.39 Å². The van der Waals surface area contributed by atoms with E-state index >= 15 is 0 Å². The predicted molar refractivity (Wildman–Crippen MR) is 111 cm³/mol. The predicted octanol–water partition coefficient (Wildman–Crippen LogP) is 3.76. The van der Waals surface area contributed by atoms with Gasteiger partial charge in [0, 0.05) is 27.2 Å². The molecule has 0 unspecified atom stereocenters. The molecule has 6 heteroatoms. The average molecular weight is 457 g/mol. The summed E-state index contributed by atoms with van der Waals surface area (Å²) in [5.74, 6) is 0.481. The van der Waals surface area contributed by atoms with Crippen LogP contribution in [0.25, 0.3) is 0 Å². The maximum atomic E-state index is 13.6. The van der Waals surface area contributed by atoms with Crippen LogP contribution in [-0.4, -0.2) is 20.1 Å². The highest BCUT2D eigenvalue weighted by Gasteiger charge is 2.04. The molecule has 0 bridgehead atoms. The van der Waals surface area contributed by atoms with Crippen molar-refractivity contribution in [3.8, 4) is 0 Å². The number of ether oxygens (including phenoxy) is 1. The Bertz CT molecular complexity index is 707. The quantitative estimate of drug-likeness (QED) is 0.395. The first kappa shape index (κ1) is 21.4. The molecular weight excluding hydrogens is 432 g/mol. The molecule has 2 aromatic carbocycles. The van der Waals surface area contributed by atoms with Crippen molar-refractivity contribution in [1.29, 1.82) is 0 Å². The van der Waals surface area contributed by atoms with Crippen molar-refractivity contribution in [2.75, 3.05) is 14.2 Å². The van der Waals surface area contributed by atoms with Gasteiger partial charge >= 0.3 is 0 Å². The Hall–Kier alpha value is -1.67. The number of hydrogen-bond acceptors (Lipinski definition) is 2. The zero-order chi connectivity index (χ0) is 17.4. The van der Waals surface area contributed by atoms with E-state index in [2.05, 4.69) is 21.7 Å². The summed E-state index contributed by atoms with van der Waals surface area (Å²) in [4.78, 5) is 4.20. The maximum absolute atomic E-state index is 13.6. The fourth-order valence-corrected chi connectivity index (χ4v) is 2.36. The number of nitrogens with zero attached hydrogens (tertiary/aromatic N) is 1. The molecule has 2 rings (SSSR count). The Labute approximate surface area is 165 Å². The van der Waals surface area contributed by atoms with Gasteiger partial charge in [0.25, 0.3) is 0 Å². The van der Waals surface area contributed by atoms with Gasteiger partial charge in [-0.05, 0) is 35.2 Å². The molecule has 0 aliphatic rings. The van der Waals surface area contributed by atoms with Crippen LogP contribution in [0.2, 0.25) is 0 Å². The molecule has 0 amide bonds. The highest BCUT2D eigenvalue weighted by Crippen LogP contribution is 2.10. The van der Waals surface area contributed by atoms with E-state index in [4.69, 9.17) is 4.74 Å². The van der Waals surface area contributed by atoms with Crippen LogP contribution in [0.3, 0.4) is 0 Å². The van der Waals surface area contributed by atoms with Gasteiger partial charge in [0.05, 0.1) is 6.61 Å². The number of aliphatic imine (C=N–C) groups is 1. The molecule has 0 spiro atoms. The summed E-state index contributed by atoms with van der Waals surface area (Å²) in [6.45, 7) is 3.48. The summed E-state index contributed by atoms with van der Waals surface area (Å²) >= 11 is 0. The van der Waals surface area contributed by atoms with E-state index in [1.165, 1.54) is 0 Å². The fourth-order valence-electron chi connectivity index (χ4n) is 2.36. The van der Waals surface area contributed by atoms with E-state index in [9.17, 15) is 4.39 Å². The molecule has 2 N–H and O–H groups in total.